The molecule has 118 valence electrons. The molecule has 0 amide bonds. The zero-order valence-electron chi connectivity index (χ0n) is 12.4. The Labute approximate surface area is 140 Å². The Hall–Kier alpha value is -2.63. The lowest BCUT2D eigenvalue weighted by atomic mass is 9.86. The minimum absolute atomic E-state index is 0.143. The third kappa shape index (κ3) is 2.21. The van der Waals surface area contributed by atoms with Gasteiger partial charge in [-0.1, -0.05) is 30.8 Å². The molecule has 5 heteroatoms. The molecule has 1 aromatic heterocycles. The van der Waals surface area contributed by atoms with Gasteiger partial charge in [0.15, 0.2) is 10.7 Å². The number of fused-ring (bicyclic) bond motifs is 2. The first-order valence-electron chi connectivity index (χ1n) is 7.21. The third-order valence-corrected chi connectivity index (χ3v) is 5.22. The van der Waals surface area contributed by atoms with Gasteiger partial charge < -0.3 is 8.97 Å². The quantitative estimate of drug-likeness (QED) is 0.515. The average Bonchev–Trinajstić information content (AvgIpc) is 3.05. The first kappa shape index (κ1) is 14.9. The van der Waals surface area contributed by atoms with Crippen molar-refractivity contribution < 1.29 is 18.2 Å². The van der Waals surface area contributed by atoms with Crippen molar-refractivity contribution in [3.8, 4) is 0 Å². The van der Waals surface area contributed by atoms with Crippen LogP contribution in [0.15, 0.2) is 75.6 Å². The minimum atomic E-state index is -1.64. The number of carbonyl (C=O) groups excluding carboxylic acids is 1. The van der Waals surface area contributed by atoms with Gasteiger partial charge in [0, 0.05) is 17.2 Å². The summed E-state index contributed by atoms with van der Waals surface area (Å²) >= 11 is -1.64. The molecule has 3 aromatic rings. The number of rotatable bonds is 2. The van der Waals surface area contributed by atoms with Crippen molar-refractivity contribution in [3.63, 3.8) is 0 Å². The molecule has 0 spiro atoms. The molecule has 0 N–H and O–H groups in total. The monoisotopic (exact) mass is 338 g/mol. The molecule has 1 aliphatic carbocycles. The van der Waals surface area contributed by atoms with E-state index in [2.05, 4.69) is 6.58 Å². The van der Waals surface area contributed by atoms with Gasteiger partial charge in [0.25, 0.3) is 0 Å². The summed E-state index contributed by atoms with van der Waals surface area (Å²) in [6.45, 7) is 4.03. The molecule has 4 rings (SSSR count). The summed E-state index contributed by atoms with van der Waals surface area (Å²) in [6, 6.07) is 14.0. The first-order chi connectivity index (χ1) is 11.6. The number of furan rings is 1. The van der Waals surface area contributed by atoms with Gasteiger partial charge in [0.1, 0.15) is 5.82 Å². The second-order valence-corrected chi connectivity index (χ2v) is 6.80. The molecule has 0 saturated carbocycles. The number of ketones is 1. The summed E-state index contributed by atoms with van der Waals surface area (Å²) in [5.41, 5.74) is 2.47. The molecule has 1 atom stereocenters. The van der Waals surface area contributed by atoms with E-state index in [1.807, 2.05) is 12.1 Å². The molecular weight excluding hydrogens is 327 g/mol. The molecule has 1 aliphatic rings. The second-order valence-electron chi connectivity index (χ2n) is 5.38. The Kier molecular flexibility index (Phi) is 3.40. The molecular formula is C19H11FO3S. The van der Waals surface area contributed by atoms with Gasteiger partial charge >= 0.3 is 5.09 Å². The van der Waals surface area contributed by atoms with Crippen LogP contribution in [0.4, 0.5) is 4.39 Å². The summed E-state index contributed by atoms with van der Waals surface area (Å²) in [7, 11) is 0. The summed E-state index contributed by atoms with van der Waals surface area (Å²) < 4.78 is 31.2. The van der Waals surface area contributed by atoms with Crippen LogP contribution in [0.2, 0.25) is 0 Å². The van der Waals surface area contributed by atoms with Gasteiger partial charge in [-0.15, -0.1) is 0 Å². The number of hydrogen-bond acceptors (Lipinski definition) is 3. The Balaban J connectivity index is 1.78. The lowest BCUT2D eigenvalue weighted by Gasteiger charge is -2.15. The van der Waals surface area contributed by atoms with Crippen molar-refractivity contribution in [2.75, 3.05) is 0 Å². The number of hydrogen-bond donors (Lipinski definition) is 0. The summed E-state index contributed by atoms with van der Waals surface area (Å²) in [6.07, 6.45) is 0. The fourth-order valence-electron chi connectivity index (χ4n) is 2.74. The van der Waals surface area contributed by atoms with Crippen molar-refractivity contribution in [2.45, 2.75) is 9.99 Å². The number of carbonyl (C=O) groups is 1. The van der Waals surface area contributed by atoms with E-state index in [4.69, 9.17) is 4.42 Å². The smallest absolute Gasteiger partial charge is 0.318 e. The predicted octanol–water partition coefficient (Wildman–Crippen LogP) is 4.19. The summed E-state index contributed by atoms with van der Waals surface area (Å²) in [4.78, 5) is 13.0. The maximum atomic E-state index is 13.0. The van der Waals surface area contributed by atoms with Crippen LogP contribution in [0.1, 0.15) is 27.2 Å². The topological polar surface area (TPSA) is 53.3 Å². The van der Waals surface area contributed by atoms with E-state index < -0.39 is 17.0 Å². The molecule has 0 radical (unpaired) electrons. The maximum Gasteiger partial charge on any atom is 0.318 e. The molecule has 0 aliphatic heterocycles. The normalized spacial score (nSPS) is 14.2. The van der Waals surface area contributed by atoms with Gasteiger partial charge in [0.05, 0.1) is 11.2 Å². The fraction of sp³-hybridized carbons (Fsp3) is 0. The van der Waals surface area contributed by atoms with E-state index in [0.717, 1.165) is 5.56 Å². The highest BCUT2D eigenvalue weighted by Gasteiger charge is 2.33. The van der Waals surface area contributed by atoms with Crippen LogP contribution in [-0.4, -0.2) is 10.3 Å². The van der Waals surface area contributed by atoms with Crippen molar-refractivity contribution in [1.82, 2.24) is 0 Å². The largest absolute Gasteiger partial charge is 0.604 e. The molecule has 2 aromatic carbocycles. The maximum absolute atomic E-state index is 13.0. The summed E-state index contributed by atoms with van der Waals surface area (Å²) in [5, 5.41) is 0.147. The Morgan fingerprint density at radius 3 is 2.38 bits per heavy atom. The number of halogens is 1. The first-order valence-corrected chi connectivity index (χ1v) is 8.36. The highest BCUT2D eigenvalue weighted by Crippen LogP contribution is 2.38. The summed E-state index contributed by atoms with van der Waals surface area (Å²) in [5.74, 6) is -0.520. The minimum Gasteiger partial charge on any atom is -0.604 e. The number of benzene rings is 2. The van der Waals surface area contributed by atoms with E-state index in [1.54, 1.807) is 18.2 Å². The van der Waals surface area contributed by atoms with Crippen LogP contribution >= 0.6 is 0 Å². The van der Waals surface area contributed by atoms with Crippen molar-refractivity contribution in [2.24, 2.45) is 0 Å². The zero-order chi connectivity index (χ0) is 16.8. The van der Waals surface area contributed by atoms with Gasteiger partial charge in [-0.05, 0) is 35.4 Å². The van der Waals surface area contributed by atoms with Crippen molar-refractivity contribution >= 4 is 22.5 Å². The van der Waals surface area contributed by atoms with Crippen molar-refractivity contribution in [3.05, 3.63) is 89.4 Å². The molecule has 3 nitrogen and oxygen atoms in total. The van der Waals surface area contributed by atoms with E-state index in [0.29, 0.717) is 21.6 Å². The van der Waals surface area contributed by atoms with Crippen LogP contribution in [0, 0.1) is 5.82 Å². The van der Waals surface area contributed by atoms with E-state index in [9.17, 15) is 13.7 Å². The average molecular weight is 338 g/mol. The molecule has 0 fully saturated rings. The SMILES string of the molecule is C=C1c2ccccc2C(=O)c2oc([S+]([O-])c3ccc(F)cc3)cc21. The Morgan fingerprint density at radius 1 is 1.00 bits per heavy atom. The zero-order valence-corrected chi connectivity index (χ0v) is 13.2. The third-order valence-electron chi connectivity index (χ3n) is 3.95. The second kappa shape index (κ2) is 5.47. The molecule has 0 bridgehead atoms. The fourth-order valence-corrected chi connectivity index (χ4v) is 3.74. The Morgan fingerprint density at radius 2 is 1.67 bits per heavy atom. The van der Waals surface area contributed by atoms with Crippen LogP contribution < -0.4 is 0 Å². The van der Waals surface area contributed by atoms with Crippen LogP contribution in [0.5, 0.6) is 0 Å². The van der Waals surface area contributed by atoms with Gasteiger partial charge in [-0.2, -0.15) is 0 Å². The highest BCUT2D eigenvalue weighted by atomic mass is 32.2. The molecule has 1 unspecified atom stereocenters. The van der Waals surface area contributed by atoms with Crippen molar-refractivity contribution in [1.29, 1.82) is 0 Å². The van der Waals surface area contributed by atoms with Gasteiger partial charge in [0.2, 0.25) is 5.78 Å². The highest BCUT2D eigenvalue weighted by molar-refractivity contribution is 7.91. The molecule has 1 heterocycles. The standard InChI is InChI=1S/C19H11FO3S/c1-11-14-4-2-3-5-15(14)18(21)19-16(11)10-17(23-19)24(22)13-8-6-12(20)7-9-13/h2-10H,1H2. The molecule has 24 heavy (non-hydrogen) atoms. The lowest BCUT2D eigenvalue weighted by Crippen LogP contribution is -2.11. The van der Waals surface area contributed by atoms with Gasteiger partial charge in [-0.25, -0.2) is 4.39 Å². The molecule has 0 saturated heterocycles. The van der Waals surface area contributed by atoms with Crippen LogP contribution in [-0.2, 0) is 11.2 Å². The van der Waals surface area contributed by atoms with Crippen LogP contribution in [0.3, 0.4) is 0 Å². The van der Waals surface area contributed by atoms with Gasteiger partial charge in [-0.3, -0.25) is 4.79 Å². The van der Waals surface area contributed by atoms with Crippen LogP contribution in [0.25, 0.3) is 5.57 Å². The predicted molar refractivity (Wildman–Crippen MR) is 87.8 cm³/mol. The van der Waals surface area contributed by atoms with E-state index >= 15 is 0 Å². The lowest BCUT2D eigenvalue weighted by molar-refractivity contribution is 0.100. The van der Waals surface area contributed by atoms with E-state index in [-0.39, 0.29) is 16.6 Å². The Bertz CT molecular complexity index is 920. The van der Waals surface area contributed by atoms with E-state index in [1.165, 1.54) is 24.3 Å².